The quantitative estimate of drug-likeness (QED) is 0.647. The molecule has 0 spiro atoms. The SMILES string of the molecule is CC1(C)C(Cl)CC1NCc1ccc(I)cc1. The predicted octanol–water partition coefficient (Wildman–Crippen LogP) is 3.79. The van der Waals surface area contributed by atoms with Gasteiger partial charge in [0.25, 0.3) is 0 Å². The molecule has 0 amide bonds. The van der Waals surface area contributed by atoms with Crippen LogP contribution in [-0.2, 0) is 6.54 Å². The Balaban J connectivity index is 1.87. The standard InChI is InChI=1S/C13H17ClIN/c1-13(2)11(14)7-12(13)16-8-9-3-5-10(15)6-4-9/h3-6,11-12,16H,7-8H2,1-2H3. The first-order valence-corrected chi connectivity index (χ1v) is 7.13. The molecule has 2 unspecified atom stereocenters. The van der Waals surface area contributed by atoms with Gasteiger partial charge in [-0.3, -0.25) is 0 Å². The molecule has 1 nitrogen and oxygen atoms in total. The molecule has 1 aromatic carbocycles. The summed E-state index contributed by atoms with van der Waals surface area (Å²) in [4.78, 5) is 0. The maximum absolute atomic E-state index is 6.20. The molecule has 0 heterocycles. The van der Waals surface area contributed by atoms with Crippen molar-refractivity contribution in [1.82, 2.24) is 5.32 Å². The van der Waals surface area contributed by atoms with Crippen LogP contribution >= 0.6 is 34.2 Å². The highest BCUT2D eigenvalue weighted by Crippen LogP contribution is 2.44. The van der Waals surface area contributed by atoms with E-state index in [9.17, 15) is 0 Å². The highest BCUT2D eigenvalue weighted by Gasteiger charge is 2.46. The summed E-state index contributed by atoms with van der Waals surface area (Å²) in [6, 6.07) is 9.20. The van der Waals surface area contributed by atoms with Gasteiger partial charge >= 0.3 is 0 Å². The second-order valence-corrected chi connectivity index (χ2v) is 6.86. The zero-order valence-electron chi connectivity index (χ0n) is 9.63. The minimum Gasteiger partial charge on any atom is -0.309 e. The third-order valence-electron chi connectivity index (χ3n) is 3.61. The van der Waals surface area contributed by atoms with E-state index in [2.05, 4.69) is 66.0 Å². The molecular formula is C13H17ClIN. The molecule has 88 valence electrons. The molecule has 1 aromatic rings. The van der Waals surface area contributed by atoms with Gasteiger partial charge in [0.1, 0.15) is 0 Å². The molecule has 1 N–H and O–H groups in total. The van der Waals surface area contributed by atoms with Crippen molar-refractivity contribution in [1.29, 1.82) is 0 Å². The molecule has 0 aromatic heterocycles. The smallest absolute Gasteiger partial charge is 0.0416 e. The predicted molar refractivity (Wildman–Crippen MR) is 77.8 cm³/mol. The number of hydrogen-bond donors (Lipinski definition) is 1. The maximum Gasteiger partial charge on any atom is 0.0416 e. The zero-order valence-corrected chi connectivity index (χ0v) is 12.5. The molecular weight excluding hydrogens is 333 g/mol. The van der Waals surface area contributed by atoms with E-state index in [1.165, 1.54) is 9.13 Å². The Kier molecular flexibility index (Phi) is 3.82. The highest BCUT2D eigenvalue weighted by atomic mass is 127. The first-order valence-electron chi connectivity index (χ1n) is 5.62. The lowest BCUT2D eigenvalue weighted by Crippen LogP contribution is -2.57. The number of nitrogens with one attached hydrogen (secondary N) is 1. The fourth-order valence-electron chi connectivity index (χ4n) is 2.06. The first kappa shape index (κ1) is 12.7. The van der Waals surface area contributed by atoms with Crippen LogP contribution in [0.2, 0.25) is 0 Å². The summed E-state index contributed by atoms with van der Waals surface area (Å²) in [6.07, 6.45) is 1.08. The summed E-state index contributed by atoms with van der Waals surface area (Å²) in [5.41, 5.74) is 1.57. The van der Waals surface area contributed by atoms with Gasteiger partial charge in [-0.1, -0.05) is 26.0 Å². The molecule has 0 bridgehead atoms. The number of rotatable bonds is 3. The summed E-state index contributed by atoms with van der Waals surface area (Å²) < 4.78 is 1.28. The van der Waals surface area contributed by atoms with Gasteiger partial charge < -0.3 is 5.32 Å². The molecule has 16 heavy (non-hydrogen) atoms. The van der Waals surface area contributed by atoms with Crippen molar-refractivity contribution in [2.45, 2.75) is 38.2 Å². The van der Waals surface area contributed by atoms with E-state index in [1.807, 2.05) is 0 Å². The Hall–Kier alpha value is 0.200. The lowest BCUT2D eigenvalue weighted by molar-refractivity contribution is 0.115. The van der Waals surface area contributed by atoms with Gasteiger partial charge in [0.05, 0.1) is 0 Å². The van der Waals surface area contributed by atoms with Gasteiger partial charge in [-0.25, -0.2) is 0 Å². The van der Waals surface area contributed by atoms with Crippen LogP contribution in [0, 0.1) is 8.99 Å². The number of hydrogen-bond acceptors (Lipinski definition) is 1. The van der Waals surface area contributed by atoms with Crippen molar-refractivity contribution in [3.8, 4) is 0 Å². The fraction of sp³-hybridized carbons (Fsp3) is 0.538. The molecule has 1 fully saturated rings. The van der Waals surface area contributed by atoms with Crippen molar-refractivity contribution in [2.75, 3.05) is 0 Å². The Morgan fingerprint density at radius 2 is 2.00 bits per heavy atom. The Labute approximate surface area is 116 Å². The van der Waals surface area contributed by atoms with Crippen LogP contribution in [0.3, 0.4) is 0 Å². The molecule has 2 atom stereocenters. The summed E-state index contributed by atoms with van der Waals surface area (Å²) in [5.74, 6) is 0. The Bertz CT molecular complexity index is 361. The monoisotopic (exact) mass is 349 g/mol. The average molecular weight is 350 g/mol. The zero-order chi connectivity index (χ0) is 11.8. The van der Waals surface area contributed by atoms with Gasteiger partial charge in [-0.15, -0.1) is 11.6 Å². The van der Waals surface area contributed by atoms with E-state index in [0.29, 0.717) is 11.4 Å². The minimum absolute atomic E-state index is 0.227. The summed E-state index contributed by atoms with van der Waals surface area (Å²) in [6.45, 7) is 5.41. The largest absolute Gasteiger partial charge is 0.309 e. The summed E-state index contributed by atoms with van der Waals surface area (Å²) >= 11 is 8.52. The van der Waals surface area contributed by atoms with E-state index in [4.69, 9.17) is 11.6 Å². The van der Waals surface area contributed by atoms with Gasteiger partial charge in [0, 0.05) is 21.5 Å². The summed E-state index contributed by atoms with van der Waals surface area (Å²) in [5, 5.41) is 3.91. The van der Waals surface area contributed by atoms with Crippen molar-refractivity contribution in [2.24, 2.45) is 5.41 Å². The van der Waals surface area contributed by atoms with Crippen LogP contribution in [0.1, 0.15) is 25.8 Å². The lowest BCUT2D eigenvalue weighted by atomic mass is 9.67. The summed E-state index contributed by atoms with van der Waals surface area (Å²) in [7, 11) is 0. The van der Waals surface area contributed by atoms with Gasteiger partial charge in [-0.2, -0.15) is 0 Å². The Morgan fingerprint density at radius 1 is 1.38 bits per heavy atom. The second kappa shape index (κ2) is 4.83. The molecule has 2 rings (SSSR count). The van der Waals surface area contributed by atoms with E-state index in [0.717, 1.165) is 13.0 Å². The van der Waals surface area contributed by atoms with Crippen molar-refractivity contribution < 1.29 is 0 Å². The molecule has 0 radical (unpaired) electrons. The van der Waals surface area contributed by atoms with Crippen LogP contribution in [0.25, 0.3) is 0 Å². The van der Waals surface area contributed by atoms with E-state index in [-0.39, 0.29) is 5.41 Å². The number of benzene rings is 1. The van der Waals surface area contributed by atoms with Crippen LogP contribution in [-0.4, -0.2) is 11.4 Å². The molecule has 0 saturated heterocycles. The van der Waals surface area contributed by atoms with Crippen LogP contribution in [0.4, 0.5) is 0 Å². The lowest BCUT2D eigenvalue weighted by Gasteiger charge is -2.49. The Morgan fingerprint density at radius 3 is 2.50 bits per heavy atom. The van der Waals surface area contributed by atoms with Gasteiger partial charge in [0.15, 0.2) is 0 Å². The molecule has 1 aliphatic carbocycles. The van der Waals surface area contributed by atoms with Crippen LogP contribution in [0.5, 0.6) is 0 Å². The number of alkyl halides is 1. The maximum atomic E-state index is 6.20. The molecule has 3 heteroatoms. The second-order valence-electron chi connectivity index (χ2n) is 5.08. The van der Waals surface area contributed by atoms with Crippen molar-refractivity contribution >= 4 is 34.2 Å². The van der Waals surface area contributed by atoms with Crippen molar-refractivity contribution in [3.05, 3.63) is 33.4 Å². The van der Waals surface area contributed by atoms with E-state index in [1.54, 1.807) is 0 Å². The van der Waals surface area contributed by atoms with Gasteiger partial charge in [0.2, 0.25) is 0 Å². The molecule has 1 aliphatic rings. The third-order valence-corrected chi connectivity index (χ3v) is 5.07. The average Bonchev–Trinajstić information content (AvgIpc) is 2.26. The molecule has 0 aliphatic heterocycles. The number of halogens is 2. The van der Waals surface area contributed by atoms with Crippen molar-refractivity contribution in [3.63, 3.8) is 0 Å². The van der Waals surface area contributed by atoms with E-state index >= 15 is 0 Å². The first-order chi connectivity index (χ1) is 7.50. The van der Waals surface area contributed by atoms with Crippen LogP contribution in [0.15, 0.2) is 24.3 Å². The normalized spacial score (nSPS) is 27.5. The highest BCUT2D eigenvalue weighted by molar-refractivity contribution is 14.1. The van der Waals surface area contributed by atoms with Gasteiger partial charge in [-0.05, 0) is 52.1 Å². The minimum atomic E-state index is 0.227. The topological polar surface area (TPSA) is 12.0 Å². The van der Waals surface area contributed by atoms with E-state index < -0.39 is 0 Å². The third kappa shape index (κ3) is 2.54. The van der Waals surface area contributed by atoms with Crippen LogP contribution < -0.4 is 5.32 Å². The fourth-order valence-corrected chi connectivity index (χ4v) is 2.75. The molecule has 1 saturated carbocycles.